The largest absolute Gasteiger partial charge is 0.314 e. The molecule has 1 N–H and O–H groups in total. The van der Waals surface area contributed by atoms with Crippen LogP contribution in [0, 0.1) is 6.92 Å². The van der Waals surface area contributed by atoms with E-state index in [2.05, 4.69) is 35.3 Å². The van der Waals surface area contributed by atoms with E-state index in [4.69, 9.17) is 0 Å². The lowest BCUT2D eigenvalue weighted by molar-refractivity contribution is 0.178. The molecular weight excluding hydrogens is 196 g/mol. The monoisotopic (exact) mass is 216 g/mol. The average Bonchev–Trinajstić information content (AvgIpc) is 2.73. The summed E-state index contributed by atoms with van der Waals surface area (Å²) in [5, 5.41) is 3.43. The summed E-state index contributed by atoms with van der Waals surface area (Å²) in [7, 11) is 0. The minimum atomic E-state index is 0.763. The summed E-state index contributed by atoms with van der Waals surface area (Å²) in [4.78, 5) is 2.66. The Morgan fingerprint density at radius 3 is 2.69 bits per heavy atom. The lowest BCUT2D eigenvalue weighted by Gasteiger charge is -2.32. The smallest absolute Gasteiger partial charge is 0.0177 e. The van der Waals surface area contributed by atoms with Crippen LogP contribution in [0.15, 0.2) is 18.2 Å². The van der Waals surface area contributed by atoms with Crippen molar-refractivity contribution in [1.82, 2.24) is 10.2 Å². The second-order valence-corrected chi connectivity index (χ2v) is 5.12. The quantitative estimate of drug-likeness (QED) is 0.762. The Bertz CT molecular complexity index is 380. The van der Waals surface area contributed by atoms with E-state index in [1.54, 1.807) is 11.1 Å². The van der Waals surface area contributed by atoms with Gasteiger partial charge in [0.1, 0.15) is 0 Å². The molecule has 1 atom stereocenters. The van der Waals surface area contributed by atoms with Gasteiger partial charge in [-0.1, -0.05) is 23.8 Å². The molecule has 2 aliphatic rings. The molecule has 3 rings (SSSR count). The average molecular weight is 216 g/mol. The molecule has 0 saturated carbocycles. The molecule has 16 heavy (non-hydrogen) atoms. The number of hydrogen-bond acceptors (Lipinski definition) is 2. The highest BCUT2D eigenvalue weighted by atomic mass is 15.2. The fraction of sp³-hybridized carbons (Fsp3) is 0.571. The molecule has 1 fully saturated rings. The van der Waals surface area contributed by atoms with Gasteiger partial charge in [0.2, 0.25) is 0 Å². The lowest BCUT2D eigenvalue weighted by atomic mass is 10.1. The molecule has 0 spiro atoms. The first kappa shape index (κ1) is 10.3. The summed E-state index contributed by atoms with van der Waals surface area (Å²) < 4.78 is 0. The first-order valence-electron chi connectivity index (χ1n) is 6.36. The van der Waals surface area contributed by atoms with Gasteiger partial charge in [0.15, 0.2) is 0 Å². The second kappa shape index (κ2) is 4.19. The van der Waals surface area contributed by atoms with E-state index in [0.717, 1.165) is 19.1 Å². The molecule has 2 heteroatoms. The molecule has 1 aliphatic heterocycles. The van der Waals surface area contributed by atoms with Crippen LogP contribution in [-0.4, -0.2) is 37.1 Å². The summed E-state index contributed by atoms with van der Waals surface area (Å²) in [5.41, 5.74) is 4.57. The molecule has 0 amide bonds. The number of nitrogens with zero attached hydrogens (tertiary/aromatic N) is 1. The summed E-state index contributed by atoms with van der Waals surface area (Å²) in [6, 6.07) is 7.71. The van der Waals surface area contributed by atoms with Crippen LogP contribution in [0.2, 0.25) is 0 Å². The van der Waals surface area contributed by atoms with E-state index in [-0.39, 0.29) is 0 Å². The Balaban J connectivity index is 1.74. The molecular formula is C14H20N2. The van der Waals surface area contributed by atoms with Crippen LogP contribution >= 0.6 is 0 Å². The fourth-order valence-corrected chi connectivity index (χ4v) is 3.03. The van der Waals surface area contributed by atoms with Crippen molar-refractivity contribution < 1.29 is 0 Å². The predicted octanol–water partition coefficient (Wildman–Crippen LogP) is 1.37. The van der Waals surface area contributed by atoms with Crippen molar-refractivity contribution in [3.05, 3.63) is 34.9 Å². The zero-order valence-electron chi connectivity index (χ0n) is 10.00. The third kappa shape index (κ3) is 1.87. The molecule has 1 unspecified atom stereocenters. The Labute approximate surface area is 97.6 Å². The van der Waals surface area contributed by atoms with Gasteiger partial charge in [-0.3, -0.25) is 4.90 Å². The van der Waals surface area contributed by atoms with Gasteiger partial charge in [-0.15, -0.1) is 0 Å². The normalized spacial score (nSPS) is 25.7. The van der Waals surface area contributed by atoms with Gasteiger partial charge in [-0.25, -0.2) is 0 Å². The molecule has 1 aromatic rings. The number of piperazine rings is 1. The van der Waals surface area contributed by atoms with Gasteiger partial charge >= 0.3 is 0 Å². The Morgan fingerprint density at radius 1 is 1.12 bits per heavy atom. The molecule has 86 valence electrons. The zero-order valence-corrected chi connectivity index (χ0v) is 10.00. The molecule has 1 aliphatic carbocycles. The van der Waals surface area contributed by atoms with Crippen molar-refractivity contribution in [2.24, 2.45) is 0 Å². The van der Waals surface area contributed by atoms with Gasteiger partial charge in [-0.05, 0) is 30.9 Å². The van der Waals surface area contributed by atoms with Crippen LogP contribution in [0.25, 0.3) is 0 Å². The zero-order chi connectivity index (χ0) is 11.0. The van der Waals surface area contributed by atoms with Gasteiger partial charge in [0.05, 0.1) is 0 Å². The number of nitrogens with one attached hydrogen (secondary N) is 1. The molecule has 0 radical (unpaired) electrons. The standard InChI is InChI=1S/C14H20N2/c1-11-2-3-12-9-14(10-13(12)8-11)16-6-4-15-5-7-16/h2-3,8,14-15H,4-7,9-10H2,1H3. The predicted molar refractivity (Wildman–Crippen MR) is 66.8 cm³/mol. The Hall–Kier alpha value is -0.860. The van der Waals surface area contributed by atoms with E-state index in [1.165, 1.54) is 31.5 Å². The SMILES string of the molecule is Cc1ccc2c(c1)CC(N1CCNCC1)C2. The summed E-state index contributed by atoms with van der Waals surface area (Å²) in [6.07, 6.45) is 2.52. The number of aryl methyl sites for hydroxylation is 1. The van der Waals surface area contributed by atoms with Gasteiger partial charge in [0, 0.05) is 32.2 Å². The third-order valence-electron chi connectivity index (χ3n) is 3.94. The van der Waals surface area contributed by atoms with E-state index in [1.807, 2.05) is 0 Å². The number of fused-ring (bicyclic) bond motifs is 1. The van der Waals surface area contributed by atoms with Crippen LogP contribution in [0.4, 0.5) is 0 Å². The lowest BCUT2D eigenvalue weighted by Crippen LogP contribution is -2.48. The highest BCUT2D eigenvalue weighted by molar-refractivity contribution is 5.36. The first-order valence-corrected chi connectivity index (χ1v) is 6.36. The van der Waals surface area contributed by atoms with Crippen molar-refractivity contribution >= 4 is 0 Å². The van der Waals surface area contributed by atoms with Crippen molar-refractivity contribution in [1.29, 1.82) is 0 Å². The number of hydrogen-bond donors (Lipinski definition) is 1. The fourth-order valence-electron chi connectivity index (χ4n) is 3.03. The number of benzene rings is 1. The Morgan fingerprint density at radius 2 is 1.88 bits per heavy atom. The van der Waals surface area contributed by atoms with Crippen molar-refractivity contribution in [2.75, 3.05) is 26.2 Å². The Kier molecular flexibility index (Phi) is 2.70. The highest BCUT2D eigenvalue weighted by Crippen LogP contribution is 2.26. The molecule has 0 bridgehead atoms. The van der Waals surface area contributed by atoms with Crippen molar-refractivity contribution in [2.45, 2.75) is 25.8 Å². The first-order chi connectivity index (χ1) is 7.83. The van der Waals surface area contributed by atoms with Crippen LogP contribution in [0.1, 0.15) is 16.7 Å². The molecule has 1 saturated heterocycles. The van der Waals surface area contributed by atoms with Crippen molar-refractivity contribution in [3.8, 4) is 0 Å². The molecule has 2 nitrogen and oxygen atoms in total. The van der Waals surface area contributed by atoms with Crippen LogP contribution in [0.5, 0.6) is 0 Å². The second-order valence-electron chi connectivity index (χ2n) is 5.12. The molecule has 1 aromatic carbocycles. The maximum Gasteiger partial charge on any atom is 0.0177 e. The summed E-state index contributed by atoms with van der Waals surface area (Å²) >= 11 is 0. The maximum absolute atomic E-state index is 3.43. The van der Waals surface area contributed by atoms with E-state index in [0.29, 0.717) is 0 Å². The summed E-state index contributed by atoms with van der Waals surface area (Å²) in [5.74, 6) is 0. The summed E-state index contributed by atoms with van der Waals surface area (Å²) in [6.45, 7) is 6.95. The van der Waals surface area contributed by atoms with E-state index < -0.39 is 0 Å². The maximum atomic E-state index is 3.43. The van der Waals surface area contributed by atoms with Gasteiger partial charge in [-0.2, -0.15) is 0 Å². The molecule has 0 aromatic heterocycles. The third-order valence-corrected chi connectivity index (χ3v) is 3.94. The minimum absolute atomic E-state index is 0.763. The van der Waals surface area contributed by atoms with Gasteiger partial charge in [0.25, 0.3) is 0 Å². The molecule has 1 heterocycles. The van der Waals surface area contributed by atoms with E-state index in [9.17, 15) is 0 Å². The van der Waals surface area contributed by atoms with Crippen LogP contribution in [-0.2, 0) is 12.8 Å². The van der Waals surface area contributed by atoms with Crippen LogP contribution in [0.3, 0.4) is 0 Å². The highest BCUT2D eigenvalue weighted by Gasteiger charge is 2.27. The van der Waals surface area contributed by atoms with Crippen molar-refractivity contribution in [3.63, 3.8) is 0 Å². The van der Waals surface area contributed by atoms with Crippen LogP contribution < -0.4 is 5.32 Å². The minimum Gasteiger partial charge on any atom is -0.314 e. The van der Waals surface area contributed by atoms with Gasteiger partial charge < -0.3 is 5.32 Å². The van der Waals surface area contributed by atoms with E-state index >= 15 is 0 Å². The topological polar surface area (TPSA) is 15.3 Å². The number of rotatable bonds is 1.